The Labute approximate surface area is 143 Å². The SMILES string of the molecule is COC1CC(C(=O)O)N(C(=O)c2cnn(-c3cccc(Cl)c3)c2)C1. The topological polar surface area (TPSA) is 84.7 Å². The minimum Gasteiger partial charge on any atom is -0.480 e. The largest absolute Gasteiger partial charge is 0.480 e. The third-order valence-corrected chi connectivity index (χ3v) is 4.28. The van der Waals surface area contributed by atoms with E-state index < -0.39 is 12.0 Å². The fraction of sp³-hybridized carbons (Fsp3) is 0.312. The molecule has 0 aliphatic carbocycles. The van der Waals surface area contributed by atoms with Crippen LogP contribution >= 0.6 is 11.6 Å². The van der Waals surface area contributed by atoms with E-state index in [4.69, 9.17) is 16.3 Å². The third-order valence-electron chi connectivity index (χ3n) is 4.04. The van der Waals surface area contributed by atoms with Gasteiger partial charge in [0.2, 0.25) is 0 Å². The van der Waals surface area contributed by atoms with Crippen molar-refractivity contribution in [1.82, 2.24) is 14.7 Å². The molecular weight excluding hydrogens is 334 g/mol. The highest BCUT2D eigenvalue weighted by Gasteiger charge is 2.40. The highest BCUT2D eigenvalue weighted by atomic mass is 35.5. The number of benzene rings is 1. The van der Waals surface area contributed by atoms with Crippen molar-refractivity contribution in [3.63, 3.8) is 0 Å². The zero-order chi connectivity index (χ0) is 17.3. The van der Waals surface area contributed by atoms with E-state index in [9.17, 15) is 14.7 Å². The van der Waals surface area contributed by atoms with Crippen molar-refractivity contribution < 1.29 is 19.4 Å². The molecule has 8 heteroatoms. The van der Waals surface area contributed by atoms with Crippen LogP contribution < -0.4 is 0 Å². The summed E-state index contributed by atoms with van der Waals surface area (Å²) in [6.45, 7) is 0.245. The second kappa shape index (κ2) is 6.62. The minimum absolute atomic E-state index is 0.245. The van der Waals surface area contributed by atoms with Crippen LogP contribution in [0, 0.1) is 0 Å². The molecule has 1 aliphatic heterocycles. The zero-order valence-corrected chi connectivity index (χ0v) is 13.7. The number of nitrogens with zero attached hydrogens (tertiary/aromatic N) is 3. The maximum atomic E-state index is 12.7. The molecule has 1 amide bonds. The Bertz CT molecular complexity index is 776. The number of aliphatic carboxylic acids is 1. The summed E-state index contributed by atoms with van der Waals surface area (Å²) < 4.78 is 6.73. The molecule has 1 aliphatic rings. The Balaban J connectivity index is 1.84. The smallest absolute Gasteiger partial charge is 0.326 e. The molecule has 2 atom stereocenters. The van der Waals surface area contributed by atoms with Crippen LogP contribution in [0.5, 0.6) is 0 Å². The summed E-state index contributed by atoms with van der Waals surface area (Å²) in [4.78, 5) is 25.4. The highest BCUT2D eigenvalue weighted by molar-refractivity contribution is 6.30. The number of carboxylic acid groups (broad SMARTS) is 1. The Morgan fingerprint density at radius 3 is 2.88 bits per heavy atom. The lowest BCUT2D eigenvalue weighted by Gasteiger charge is -2.20. The number of carbonyl (C=O) groups is 2. The van der Waals surface area contributed by atoms with Gasteiger partial charge in [-0.05, 0) is 18.2 Å². The van der Waals surface area contributed by atoms with E-state index in [1.807, 2.05) is 6.07 Å². The van der Waals surface area contributed by atoms with E-state index in [1.54, 1.807) is 24.4 Å². The lowest BCUT2D eigenvalue weighted by molar-refractivity contribution is -0.141. The molecule has 1 saturated heterocycles. The van der Waals surface area contributed by atoms with E-state index >= 15 is 0 Å². The van der Waals surface area contributed by atoms with Gasteiger partial charge in [-0.25, -0.2) is 9.48 Å². The molecule has 0 radical (unpaired) electrons. The van der Waals surface area contributed by atoms with Crippen LogP contribution in [0.3, 0.4) is 0 Å². The molecule has 3 rings (SSSR count). The number of hydrogen-bond donors (Lipinski definition) is 1. The lowest BCUT2D eigenvalue weighted by Crippen LogP contribution is -2.40. The quantitative estimate of drug-likeness (QED) is 0.910. The van der Waals surface area contributed by atoms with Crippen LogP contribution in [0.15, 0.2) is 36.7 Å². The summed E-state index contributed by atoms with van der Waals surface area (Å²) in [6.07, 6.45) is 2.98. The summed E-state index contributed by atoms with van der Waals surface area (Å²) >= 11 is 5.96. The summed E-state index contributed by atoms with van der Waals surface area (Å²) in [5.74, 6) is -1.42. The molecule has 0 bridgehead atoms. The van der Waals surface area contributed by atoms with Crippen molar-refractivity contribution in [2.45, 2.75) is 18.6 Å². The number of carbonyl (C=O) groups excluding carboxylic acids is 1. The number of methoxy groups -OCH3 is 1. The van der Waals surface area contributed by atoms with Gasteiger partial charge in [0, 0.05) is 31.3 Å². The van der Waals surface area contributed by atoms with Crippen molar-refractivity contribution in [1.29, 1.82) is 0 Å². The van der Waals surface area contributed by atoms with Gasteiger partial charge in [0.1, 0.15) is 6.04 Å². The number of aromatic nitrogens is 2. The van der Waals surface area contributed by atoms with Crippen molar-refractivity contribution in [3.05, 3.63) is 47.2 Å². The maximum Gasteiger partial charge on any atom is 0.326 e. The van der Waals surface area contributed by atoms with Crippen LogP contribution in [0.25, 0.3) is 5.69 Å². The lowest BCUT2D eigenvalue weighted by atomic mass is 10.2. The summed E-state index contributed by atoms with van der Waals surface area (Å²) in [6, 6.07) is 6.17. The van der Waals surface area contributed by atoms with Gasteiger partial charge in [-0.15, -0.1) is 0 Å². The van der Waals surface area contributed by atoms with E-state index in [0.717, 1.165) is 0 Å². The number of hydrogen-bond acceptors (Lipinski definition) is 4. The molecule has 24 heavy (non-hydrogen) atoms. The molecule has 2 aromatic rings. The van der Waals surface area contributed by atoms with Gasteiger partial charge in [0.05, 0.1) is 23.6 Å². The highest BCUT2D eigenvalue weighted by Crippen LogP contribution is 2.23. The molecule has 2 unspecified atom stereocenters. The molecule has 1 fully saturated rings. The molecule has 0 spiro atoms. The van der Waals surface area contributed by atoms with E-state index in [0.29, 0.717) is 16.3 Å². The summed E-state index contributed by atoms with van der Waals surface area (Å²) in [7, 11) is 1.51. The molecule has 126 valence electrons. The van der Waals surface area contributed by atoms with Crippen molar-refractivity contribution in [2.75, 3.05) is 13.7 Å². The van der Waals surface area contributed by atoms with Crippen LogP contribution in [0.4, 0.5) is 0 Å². The molecule has 7 nitrogen and oxygen atoms in total. The summed E-state index contributed by atoms with van der Waals surface area (Å²) in [5, 5.41) is 14.0. The second-order valence-electron chi connectivity index (χ2n) is 5.56. The molecule has 1 N–H and O–H groups in total. The third kappa shape index (κ3) is 3.13. The standard InChI is InChI=1S/C16H16ClN3O4/c1-24-13-6-14(16(22)23)19(9-13)15(21)10-7-18-20(8-10)12-4-2-3-11(17)5-12/h2-5,7-8,13-14H,6,9H2,1H3,(H,22,23). The molecule has 0 saturated carbocycles. The average Bonchev–Trinajstić information content (AvgIpc) is 3.21. The van der Waals surface area contributed by atoms with Crippen molar-refractivity contribution >= 4 is 23.5 Å². The van der Waals surface area contributed by atoms with Gasteiger partial charge in [0.15, 0.2) is 0 Å². The van der Waals surface area contributed by atoms with Crippen LogP contribution in [0.1, 0.15) is 16.8 Å². The van der Waals surface area contributed by atoms with Gasteiger partial charge in [-0.2, -0.15) is 5.10 Å². The van der Waals surface area contributed by atoms with Crippen LogP contribution in [-0.2, 0) is 9.53 Å². The molecule has 1 aromatic carbocycles. The van der Waals surface area contributed by atoms with Crippen molar-refractivity contribution in [3.8, 4) is 5.69 Å². The first-order valence-electron chi connectivity index (χ1n) is 7.36. The number of rotatable bonds is 4. The Hall–Kier alpha value is -2.38. The fourth-order valence-electron chi connectivity index (χ4n) is 2.79. The monoisotopic (exact) mass is 349 g/mol. The Morgan fingerprint density at radius 1 is 1.42 bits per heavy atom. The first-order valence-corrected chi connectivity index (χ1v) is 7.74. The predicted molar refractivity (Wildman–Crippen MR) is 86.4 cm³/mol. The Morgan fingerprint density at radius 2 is 2.21 bits per heavy atom. The number of halogens is 1. The molecular formula is C16H16ClN3O4. The molecule has 2 heterocycles. The van der Waals surface area contributed by atoms with Crippen LogP contribution in [-0.4, -0.2) is 57.5 Å². The average molecular weight is 350 g/mol. The normalized spacial score (nSPS) is 20.3. The maximum absolute atomic E-state index is 12.7. The van der Waals surface area contributed by atoms with Gasteiger partial charge in [-0.1, -0.05) is 17.7 Å². The number of likely N-dealkylation sites (tertiary alicyclic amines) is 1. The van der Waals surface area contributed by atoms with Gasteiger partial charge < -0.3 is 14.7 Å². The molecule has 1 aromatic heterocycles. The number of ether oxygens (including phenoxy) is 1. The van der Waals surface area contributed by atoms with E-state index in [1.165, 1.54) is 22.9 Å². The second-order valence-corrected chi connectivity index (χ2v) is 5.99. The Kier molecular flexibility index (Phi) is 4.55. The number of carboxylic acids is 1. The summed E-state index contributed by atoms with van der Waals surface area (Å²) in [5.41, 5.74) is 1.03. The zero-order valence-electron chi connectivity index (χ0n) is 12.9. The minimum atomic E-state index is -1.04. The first kappa shape index (κ1) is 16.5. The van der Waals surface area contributed by atoms with Crippen LogP contribution in [0.2, 0.25) is 5.02 Å². The fourth-order valence-corrected chi connectivity index (χ4v) is 2.97. The van der Waals surface area contributed by atoms with Crippen molar-refractivity contribution in [2.24, 2.45) is 0 Å². The first-order chi connectivity index (χ1) is 11.5. The van der Waals surface area contributed by atoms with Gasteiger partial charge in [0.25, 0.3) is 5.91 Å². The van der Waals surface area contributed by atoms with Gasteiger partial charge >= 0.3 is 5.97 Å². The van der Waals surface area contributed by atoms with E-state index in [-0.39, 0.29) is 25.0 Å². The predicted octanol–water partition coefficient (Wildman–Crippen LogP) is 1.84. The van der Waals surface area contributed by atoms with Gasteiger partial charge in [-0.3, -0.25) is 4.79 Å². The number of amides is 1. The van der Waals surface area contributed by atoms with E-state index in [2.05, 4.69) is 5.10 Å².